The molecule has 0 unspecified atom stereocenters. The number of H-pyrrole nitrogens is 1. The molecule has 0 fully saturated rings. The number of rotatable bonds is 0. The van der Waals surface area contributed by atoms with Gasteiger partial charge in [0.05, 0.1) is 28.2 Å². The smallest absolute Gasteiger partial charge is 0.324 e. The Bertz CT molecular complexity index is 1370. The lowest BCUT2D eigenvalue weighted by Crippen LogP contribution is -2.46. The normalized spacial score (nSPS) is 15.9. The number of aromatic nitrogens is 1. The van der Waals surface area contributed by atoms with Crippen LogP contribution >= 0.6 is 0 Å². The van der Waals surface area contributed by atoms with E-state index in [-0.39, 0.29) is 36.6 Å². The maximum absolute atomic E-state index is 14.3. The van der Waals surface area contributed by atoms with E-state index in [1.54, 1.807) is 0 Å². The van der Waals surface area contributed by atoms with Crippen LogP contribution < -0.4 is 20.7 Å². The van der Waals surface area contributed by atoms with Crippen molar-refractivity contribution in [2.75, 3.05) is 23.0 Å². The summed E-state index contributed by atoms with van der Waals surface area (Å²) in [7, 11) is 0. The van der Waals surface area contributed by atoms with Gasteiger partial charge in [-0.15, -0.1) is 0 Å². The van der Waals surface area contributed by atoms with Crippen molar-refractivity contribution >= 4 is 23.0 Å². The number of benzene rings is 2. The highest BCUT2D eigenvalue weighted by Crippen LogP contribution is 2.41. The van der Waals surface area contributed by atoms with E-state index in [9.17, 15) is 31.5 Å². The van der Waals surface area contributed by atoms with Crippen LogP contribution in [0.5, 0.6) is 0 Å². The Morgan fingerprint density at radius 2 is 1.59 bits per heavy atom. The Labute approximate surface area is 189 Å². The molecule has 2 aliphatic heterocycles. The number of aromatic amines is 1. The van der Waals surface area contributed by atoms with Gasteiger partial charge in [-0.1, -0.05) is 0 Å². The topological polar surface area (TPSA) is 68.4 Å². The third-order valence-corrected chi connectivity index (χ3v) is 5.92. The molecule has 0 atom stereocenters. The Morgan fingerprint density at radius 3 is 2.35 bits per heavy atom. The lowest BCUT2D eigenvalue weighted by atomic mass is 10.0. The van der Waals surface area contributed by atoms with Crippen LogP contribution in [-0.4, -0.2) is 24.1 Å². The molecule has 176 valence electrons. The molecule has 0 saturated heterocycles. The van der Waals surface area contributed by atoms with E-state index < -0.39 is 34.8 Å². The molecule has 1 aromatic heterocycles. The van der Waals surface area contributed by atoms with Gasteiger partial charge in [-0.25, -0.2) is 8.78 Å². The summed E-state index contributed by atoms with van der Waals surface area (Å²) in [5.74, 6) is -2.90. The first-order valence-corrected chi connectivity index (χ1v) is 10.3. The number of hydrogen-bond acceptors (Lipinski definition) is 4. The number of hydrogen-bond donors (Lipinski definition) is 2. The molecule has 5 rings (SSSR count). The van der Waals surface area contributed by atoms with Gasteiger partial charge >= 0.3 is 6.18 Å². The molecule has 6 nitrogen and oxygen atoms in total. The first kappa shape index (κ1) is 22.1. The van der Waals surface area contributed by atoms with Crippen molar-refractivity contribution in [1.82, 2.24) is 10.3 Å². The van der Waals surface area contributed by atoms with Crippen LogP contribution in [0.15, 0.2) is 47.3 Å². The van der Waals surface area contributed by atoms with Gasteiger partial charge in [-0.2, -0.15) is 13.2 Å². The summed E-state index contributed by atoms with van der Waals surface area (Å²) >= 11 is 0. The quantitative estimate of drug-likeness (QED) is 0.480. The summed E-state index contributed by atoms with van der Waals surface area (Å²) in [5.41, 5.74) is -0.247. The SMILES string of the molecule is O=C1c2cc(C(F)(F)F)ccc2N2CN1c1ccc(=O)[nH]c1CCNCc1cc(F)c(F)cc12. The molecule has 0 aliphatic carbocycles. The van der Waals surface area contributed by atoms with E-state index in [0.29, 0.717) is 23.5 Å². The number of carbonyl (C=O) groups is 1. The Morgan fingerprint density at radius 1 is 0.853 bits per heavy atom. The summed E-state index contributed by atoms with van der Waals surface area (Å²) in [4.78, 5) is 30.7. The molecule has 11 heteroatoms. The predicted octanol–water partition coefficient (Wildman–Crippen LogP) is 4.07. The lowest BCUT2D eigenvalue weighted by Gasteiger charge is -2.39. The van der Waals surface area contributed by atoms with Gasteiger partial charge < -0.3 is 15.2 Å². The minimum atomic E-state index is -4.69. The van der Waals surface area contributed by atoms with Gasteiger partial charge in [0, 0.05) is 37.3 Å². The van der Waals surface area contributed by atoms with Crippen molar-refractivity contribution in [3.8, 4) is 0 Å². The van der Waals surface area contributed by atoms with Crippen molar-refractivity contribution < 1.29 is 26.7 Å². The third kappa shape index (κ3) is 3.71. The molecule has 34 heavy (non-hydrogen) atoms. The zero-order valence-electron chi connectivity index (χ0n) is 17.5. The fourth-order valence-electron chi connectivity index (χ4n) is 4.30. The monoisotopic (exact) mass is 476 g/mol. The number of pyridine rings is 1. The van der Waals surface area contributed by atoms with Crippen LogP contribution in [0.4, 0.5) is 39.0 Å². The van der Waals surface area contributed by atoms with Crippen molar-refractivity contribution in [2.45, 2.75) is 19.1 Å². The third-order valence-electron chi connectivity index (χ3n) is 5.92. The Kier molecular flexibility index (Phi) is 5.16. The van der Waals surface area contributed by atoms with Crippen molar-refractivity contribution in [1.29, 1.82) is 0 Å². The van der Waals surface area contributed by atoms with Crippen LogP contribution in [0.25, 0.3) is 0 Å². The minimum Gasteiger partial charge on any atom is -0.324 e. The molecule has 2 N–H and O–H groups in total. The van der Waals surface area contributed by atoms with Gasteiger partial charge in [-0.05, 0) is 35.9 Å². The van der Waals surface area contributed by atoms with Gasteiger partial charge in [0.15, 0.2) is 11.6 Å². The van der Waals surface area contributed by atoms with E-state index >= 15 is 0 Å². The van der Waals surface area contributed by atoms with Crippen LogP contribution in [-0.2, 0) is 19.1 Å². The van der Waals surface area contributed by atoms with Gasteiger partial charge in [0.1, 0.15) is 6.67 Å². The number of alkyl halides is 3. The molecule has 3 aromatic rings. The summed E-state index contributed by atoms with van der Waals surface area (Å²) in [6, 6.07) is 7.37. The number of nitrogens with zero attached hydrogens (tertiary/aromatic N) is 2. The first-order valence-electron chi connectivity index (χ1n) is 10.3. The molecule has 2 aliphatic rings. The fourth-order valence-corrected chi connectivity index (χ4v) is 4.30. The number of fused-ring (bicyclic) bond motifs is 8. The number of carbonyl (C=O) groups excluding carboxylic acids is 1. The van der Waals surface area contributed by atoms with E-state index in [0.717, 1.165) is 30.3 Å². The molecule has 0 saturated carbocycles. The van der Waals surface area contributed by atoms with Crippen LogP contribution in [0.3, 0.4) is 0 Å². The second-order valence-electron chi connectivity index (χ2n) is 8.04. The van der Waals surface area contributed by atoms with Crippen LogP contribution in [0.1, 0.15) is 27.2 Å². The number of amides is 1. The van der Waals surface area contributed by atoms with Crippen LogP contribution in [0, 0.1) is 11.6 Å². The van der Waals surface area contributed by atoms with E-state index in [1.807, 2.05) is 0 Å². The first-order chi connectivity index (χ1) is 16.1. The van der Waals surface area contributed by atoms with Crippen molar-refractivity contribution in [2.24, 2.45) is 0 Å². The standard InChI is InChI=1S/C23H17F5N4O2/c24-15-7-12-10-29-6-5-17-19(3-4-21(33)30-17)32-11-31(20(12)9-16(15)25)18-2-1-13(23(26,27)28)8-14(18)22(32)34/h1-4,7-9,29H,5-6,10-11H2,(H,30,33). The zero-order chi connectivity index (χ0) is 24.2. The van der Waals surface area contributed by atoms with Crippen LogP contribution in [0.2, 0.25) is 0 Å². The van der Waals surface area contributed by atoms with Crippen molar-refractivity contribution in [3.63, 3.8) is 0 Å². The highest BCUT2D eigenvalue weighted by molar-refractivity contribution is 6.13. The molecule has 0 radical (unpaired) electrons. The lowest BCUT2D eigenvalue weighted by molar-refractivity contribution is -0.137. The van der Waals surface area contributed by atoms with E-state index in [4.69, 9.17) is 0 Å². The molecule has 1 amide bonds. The molecule has 2 bridgehead atoms. The zero-order valence-corrected chi connectivity index (χ0v) is 17.5. The second kappa shape index (κ2) is 7.94. The molecular formula is C23H17F5N4O2. The van der Waals surface area contributed by atoms with E-state index in [2.05, 4.69) is 10.3 Å². The highest BCUT2D eigenvalue weighted by atomic mass is 19.4. The minimum absolute atomic E-state index is 0.124. The summed E-state index contributed by atoms with van der Waals surface area (Å²) in [6.45, 7) is 0.270. The van der Waals surface area contributed by atoms with Crippen molar-refractivity contribution in [3.05, 3.63) is 86.8 Å². The number of anilines is 3. The maximum Gasteiger partial charge on any atom is 0.416 e. The average Bonchev–Trinajstić information content (AvgIpc) is 2.81. The molecular weight excluding hydrogens is 459 g/mol. The molecule has 3 heterocycles. The number of nitrogens with one attached hydrogen (secondary N) is 2. The molecule has 0 spiro atoms. The highest BCUT2D eigenvalue weighted by Gasteiger charge is 2.37. The van der Waals surface area contributed by atoms with Gasteiger partial charge in [-0.3, -0.25) is 14.5 Å². The molecule has 2 aromatic carbocycles. The Hall–Kier alpha value is -3.73. The van der Waals surface area contributed by atoms with Gasteiger partial charge in [0.25, 0.3) is 5.91 Å². The predicted molar refractivity (Wildman–Crippen MR) is 114 cm³/mol. The van der Waals surface area contributed by atoms with Gasteiger partial charge in [0.2, 0.25) is 5.56 Å². The largest absolute Gasteiger partial charge is 0.416 e. The fraction of sp³-hybridized carbons (Fsp3) is 0.217. The maximum atomic E-state index is 14.3. The van der Waals surface area contributed by atoms with E-state index in [1.165, 1.54) is 21.9 Å². The number of halogens is 5. The average molecular weight is 476 g/mol. The summed E-state index contributed by atoms with van der Waals surface area (Å²) < 4.78 is 68.7. The summed E-state index contributed by atoms with van der Waals surface area (Å²) in [6.07, 6.45) is -4.41. The summed E-state index contributed by atoms with van der Waals surface area (Å²) in [5, 5.41) is 3.10. The Balaban J connectivity index is 1.78. The second-order valence-corrected chi connectivity index (χ2v) is 8.04.